The molecular formula is C8H13N3OS. The summed E-state index contributed by atoms with van der Waals surface area (Å²) >= 11 is 1.58. The quantitative estimate of drug-likeness (QED) is 0.783. The van der Waals surface area contributed by atoms with Gasteiger partial charge in [-0.2, -0.15) is 0 Å². The largest absolute Gasteiger partial charge is 0.379 e. The zero-order valence-electron chi connectivity index (χ0n) is 7.83. The first-order valence-corrected chi connectivity index (χ1v) is 5.16. The van der Waals surface area contributed by atoms with Crippen molar-refractivity contribution in [3.8, 4) is 0 Å². The maximum atomic E-state index is 5.33. The Bertz CT molecular complexity index is 293. The van der Waals surface area contributed by atoms with Crippen molar-refractivity contribution >= 4 is 16.5 Å². The molecule has 1 saturated heterocycles. The molecule has 0 aliphatic carbocycles. The Balaban J connectivity index is 2.04. The number of hydrogen-bond acceptors (Lipinski definition) is 5. The highest BCUT2D eigenvalue weighted by Crippen LogP contribution is 2.25. The standard InChI is InChI=1S/C8H13N3OS/c1-6-10-11-7(13-6)9-8(2)3-4-12-5-8/h3-5H2,1-2H3,(H,9,11). The molecule has 1 atom stereocenters. The number of rotatable bonds is 2. The van der Waals surface area contributed by atoms with Crippen LogP contribution in [0.1, 0.15) is 18.4 Å². The summed E-state index contributed by atoms with van der Waals surface area (Å²) in [6.07, 6.45) is 1.03. The lowest BCUT2D eigenvalue weighted by Gasteiger charge is -2.22. The van der Waals surface area contributed by atoms with E-state index in [1.54, 1.807) is 11.3 Å². The predicted molar refractivity (Wildman–Crippen MR) is 52.1 cm³/mol. The molecule has 2 heterocycles. The van der Waals surface area contributed by atoms with E-state index >= 15 is 0 Å². The third-order valence-corrected chi connectivity index (χ3v) is 2.91. The summed E-state index contributed by atoms with van der Waals surface area (Å²) in [5.74, 6) is 0. The predicted octanol–water partition coefficient (Wildman–Crippen LogP) is 1.44. The van der Waals surface area contributed by atoms with E-state index in [0.717, 1.165) is 29.8 Å². The summed E-state index contributed by atoms with van der Waals surface area (Å²) in [5, 5.41) is 13.2. The lowest BCUT2D eigenvalue weighted by atomic mass is 10.0. The van der Waals surface area contributed by atoms with E-state index in [1.807, 2.05) is 6.92 Å². The van der Waals surface area contributed by atoms with E-state index in [4.69, 9.17) is 4.74 Å². The van der Waals surface area contributed by atoms with Gasteiger partial charge in [-0.1, -0.05) is 11.3 Å². The van der Waals surface area contributed by atoms with Crippen molar-refractivity contribution in [3.63, 3.8) is 0 Å². The zero-order chi connectivity index (χ0) is 9.31. The Kier molecular flexibility index (Phi) is 2.21. The molecule has 4 nitrogen and oxygen atoms in total. The molecule has 0 radical (unpaired) electrons. The Morgan fingerprint density at radius 1 is 1.54 bits per heavy atom. The van der Waals surface area contributed by atoms with Crippen LogP contribution in [0.5, 0.6) is 0 Å². The van der Waals surface area contributed by atoms with E-state index in [-0.39, 0.29) is 5.54 Å². The molecule has 72 valence electrons. The molecule has 1 aliphatic heterocycles. The molecule has 0 saturated carbocycles. The summed E-state index contributed by atoms with van der Waals surface area (Å²) in [4.78, 5) is 0. The maximum absolute atomic E-state index is 5.33. The van der Waals surface area contributed by atoms with Crippen LogP contribution in [0.25, 0.3) is 0 Å². The average molecular weight is 199 g/mol. The van der Waals surface area contributed by atoms with Crippen molar-refractivity contribution in [2.75, 3.05) is 18.5 Å². The van der Waals surface area contributed by atoms with E-state index in [1.165, 1.54) is 0 Å². The van der Waals surface area contributed by atoms with Crippen LogP contribution in [0.3, 0.4) is 0 Å². The van der Waals surface area contributed by atoms with Gasteiger partial charge in [0.25, 0.3) is 0 Å². The normalized spacial score (nSPS) is 27.8. The van der Waals surface area contributed by atoms with Crippen LogP contribution in [-0.4, -0.2) is 29.0 Å². The van der Waals surface area contributed by atoms with Crippen molar-refractivity contribution in [2.45, 2.75) is 25.8 Å². The second kappa shape index (κ2) is 3.23. The Labute approximate surface area is 81.3 Å². The summed E-state index contributed by atoms with van der Waals surface area (Å²) in [6, 6.07) is 0. The zero-order valence-corrected chi connectivity index (χ0v) is 8.65. The molecule has 13 heavy (non-hydrogen) atoms. The third kappa shape index (κ3) is 1.97. The van der Waals surface area contributed by atoms with E-state index in [9.17, 15) is 0 Å². The molecule has 5 heteroatoms. The van der Waals surface area contributed by atoms with Crippen LogP contribution < -0.4 is 5.32 Å². The van der Waals surface area contributed by atoms with Gasteiger partial charge in [0, 0.05) is 6.61 Å². The number of nitrogens with zero attached hydrogens (tertiary/aromatic N) is 2. The molecule has 2 rings (SSSR count). The SMILES string of the molecule is Cc1nnc(NC2(C)CCOC2)s1. The van der Waals surface area contributed by atoms with E-state index < -0.39 is 0 Å². The number of nitrogens with one attached hydrogen (secondary N) is 1. The van der Waals surface area contributed by atoms with Gasteiger partial charge in [0.2, 0.25) is 5.13 Å². The minimum absolute atomic E-state index is 0.0476. The van der Waals surface area contributed by atoms with Crippen LogP contribution >= 0.6 is 11.3 Å². The van der Waals surface area contributed by atoms with Crippen LogP contribution in [0, 0.1) is 6.92 Å². The molecule has 0 aromatic carbocycles. The molecule has 1 aliphatic rings. The number of aryl methyl sites for hydroxylation is 1. The Hall–Kier alpha value is -0.680. The Morgan fingerprint density at radius 3 is 2.92 bits per heavy atom. The fraction of sp³-hybridized carbons (Fsp3) is 0.750. The fourth-order valence-electron chi connectivity index (χ4n) is 1.37. The van der Waals surface area contributed by atoms with Gasteiger partial charge in [0.05, 0.1) is 12.1 Å². The van der Waals surface area contributed by atoms with Crippen molar-refractivity contribution in [3.05, 3.63) is 5.01 Å². The van der Waals surface area contributed by atoms with Crippen molar-refractivity contribution in [1.29, 1.82) is 0 Å². The Morgan fingerprint density at radius 2 is 2.38 bits per heavy atom. The lowest BCUT2D eigenvalue weighted by molar-refractivity contribution is 0.185. The van der Waals surface area contributed by atoms with Gasteiger partial charge >= 0.3 is 0 Å². The smallest absolute Gasteiger partial charge is 0.206 e. The van der Waals surface area contributed by atoms with Gasteiger partial charge in [-0.15, -0.1) is 10.2 Å². The second-order valence-electron chi connectivity index (χ2n) is 3.61. The van der Waals surface area contributed by atoms with Crippen molar-refractivity contribution < 1.29 is 4.74 Å². The first kappa shape index (κ1) is 8.90. The summed E-state index contributed by atoms with van der Waals surface area (Å²) in [6.45, 7) is 5.69. The van der Waals surface area contributed by atoms with Gasteiger partial charge in [0.15, 0.2) is 0 Å². The van der Waals surface area contributed by atoms with Gasteiger partial charge in [0.1, 0.15) is 5.01 Å². The highest BCUT2D eigenvalue weighted by atomic mass is 32.1. The molecule has 1 aromatic heterocycles. The topological polar surface area (TPSA) is 47.0 Å². The summed E-state index contributed by atoms with van der Waals surface area (Å²) in [7, 11) is 0. The molecule has 1 fully saturated rings. The van der Waals surface area contributed by atoms with Crippen molar-refractivity contribution in [1.82, 2.24) is 10.2 Å². The van der Waals surface area contributed by atoms with Gasteiger partial charge in [-0.25, -0.2) is 0 Å². The van der Waals surface area contributed by atoms with Gasteiger partial charge in [-0.05, 0) is 20.3 Å². The first-order valence-electron chi connectivity index (χ1n) is 4.34. The highest BCUT2D eigenvalue weighted by Gasteiger charge is 2.30. The van der Waals surface area contributed by atoms with Crippen LogP contribution in [0.4, 0.5) is 5.13 Å². The number of ether oxygens (including phenoxy) is 1. The average Bonchev–Trinajstić information content (AvgIpc) is 2.62. The van der Waals surface area contributed by atoms with Gasteiger partial charge < -0.3 is 10.1 Å². The minimum atomic E-state index is 0.0476. The monoisotopic (exact) mass is 199 g/mol. The second-order valence-corrected chi connectivity index (χ2v) is 4.80. The number of hydrogen-bond donors (Lipinski definition) is 1. The highest BCUT2D eigenvalue weighted by molar-refractivity contribution is 7.15. The molecule has 1 N–H and O–H groups in total. The third-order valence-electron chi connectivity index (χ3n) is 2.15. The first-order chi connectivity index (χ1) is 6.18. The maximum Gasteiger partial charge on any atom is 0.206 e. The number of aromatic nitrogens is 2. The van der Waals surface area contributed by atoms with Crippen LogP contribution in [0.15, 0.2) is 0 Å². The molecule has 0 bridgehead atoms. The summed E-state index contributed by atoms with van der Waals surface area (Å²) in [5.41, 5.74) is 0.0476. The van der Waals surface area contributed by atoms with E-state index in [0.29, 0.717) is 0 Å². The number of anilines is 1. The van der Waals surface area contributed by atoms with Gasteiger partial charge in [-0.3, -0.25) is 0 Å². The molecule has 0 amide bonds. The minimum Gasteiger partial charge on any atom is -0.379 e. The van der Waals surface area contributed by atoms with Crippen LogP contribution in [-0.2, 0) is 4.74 Å². The molecular weight excluding hydrogens is 186 g/mol. The lowest BCUT2D eigenvalue weighted by Crippen LogP contribution is -2.34. The van der Waals surface area contributed by atoms with Crippen molar-refractivity contribution in [2.24, 2.45) is 0 Å². The molecule has 0 spiro atoms. The summed E-state index contributed by atoms with van der Waals surface area (Å²) < 4.78 is 5.33. The van der Waals surface area contributed by atoms with Crippen LogP contribution in [0.2, 0.25) is 0 Å². The molecule has 1 aromatic rings. The fourth-order valence-corrected chi connectivity index (χ4v) is 2.11. The molecule has 1 unspecified atom stereocenters. The van der Waals surface area contributed by atoms with E-state index in [2.05, 4.69) is 22.4 Å².